The number of carboxylic acid groups (broad SMARTS) is 1. The maximum absolute atomic E-state index is 13.2. The van der Waals surface area contributed by atoms with Crippen LogP contribution in [0.4, 0.5) is 4.39 Å². The Bertz CT molecular complexity index is 690. The molecule has 25 heavy (non-hydrogen) atoms. The highest BCUT2D eigenvalue weighted by molar-refractivity contribution is 7.61. The van der Waals surface area contributed by atoms with Crippen LogP contribution in [0, 0.1) is 5.82 Å². The van der Waals surface area contributed by atoms with Gasteiger partial charge in [-0.05, 0) is 37.1 Å². The molecule has 1 aromatic rings. The van der Waals surface area contributed by atoms with E-state index in [9.17, 15) is 23.7 Å². The van der Waals surface area contributed by atoms with Gasteiger partial charge in [-0.3, -0.25) is 14.3 Å². The number of halogens is 2. The number of nitrogens with zero attached hydrogens (tertiary/aromatic N) is 1. The van der Waals surface area contributed by atoms with Crippen molar-refractivity contribution in [1.82, 2.24) is 4.90 Å². The number of hydrogen-bond donors (Lipinski definition) is 3. The van der Waals surface area contributed by atoms with E-state index in [0.717, 1.165) is 0 Å². The summed E-state index contributed by atoms with van der Waals surface area (Å²) < 4.78 is 25.8. The third kappa shape index (κ3) is 4.41. The number of carboxylic acids is 1. The van der Waals surface area contributed by atoms with E-state index in [-0.39, 0.29) is 30.7 Å². The van der Waals surface area contributed by atoms with Crippen LogP contribution in [-0.4, -0.2) is 51.8 Å². The molecular formula is C16H23ClFN2O4P. The van der Waals surface area contributed by atoms with Gasteiger partial charge in [-0.2, -0.15) is 0 Å². The van der Waals surface area contributed by atoms with Crippen LogP contribution in [0.25, 0.3) is 0 Å². The van der Waals surface area contributed by atoms with E-state index in [1.807, 2.05) is 0 Å². The molecule has 1 aliphatic rings. The molecule has 4 N–H and O–H groups in total. The Hall–Kier alpha value is -0.980. The highest BCUT2D eigenvalue weighted by atomic mass is 35.5. The minimum Gasteiger partial charge on any atom is -0.480 e. The molecule has 0 bridgehead atoms. The van der Waals surface area contributed by atoms with Crippen molar-refractivity contribution >= 4 is 24.9 Å². The lowest BCUT2D eigenvalue weighted by molar-refractivity contribution is -0.141. The molecule has 1 aromatic carbocycles. The number of rotatable bonds is 7. The fraction of sp³-hybridized carbons (Fsp3) is 0.562. The molecule has 6 nitrogen and oxygen atoms in total. The van der Waals surface area contributed by atoms with E-state index >= 15 is 0 Å². The Morgan fingerprint density at radius 1 is 1.44 bits per heavy atom. The first kappa shape index (κ1) is 20.3. The summed E-state index contributed by atoms with van der Waals surface area (Å²) in [4.78, 5) is 24.1. The quantitative estimate of drug-likeness (QED) is 0.486. The molecule has 2 rings (SSSR count). The first-order valence-corrected chi connectivity index (χ1v) is 10.4. The van der Waals surface area contributed by atoms with E-state index in [1.165, 1.54) is 12.1 Å². The largest absolute Gasteiger partial charge is 0.480 e. The minimum absolute atomic E-state index is 0.0472. The average Bonchev–Trinajstić information content (AvgIpc) is 2.53. The van der Waals surface area contributed by atoms with Crippen molar-refractivity contribution in [1.29, 1.82) is 0 Å². The van der Waals surface area contributed by atoms with Crippen molar-refractivity contribution in [3.8, 4) is 0 Å². The summed E-state index contributed by atoms with van der Waals surface area (Å²) in [5.41, 5.74) is 6.11. The van der Waals surface area contributed by atoms with Gasteiger partial charge in [-0.15, -0.1) is 0 Å². The Morgan fingerprint density at radius 3 is 2.76 bits per heavy atom. The molecule has 1 aliphatic heterocycles. The lowest BCUT2D eigenvalue weighted by Crippen LogP contribution is -2.53. The van der Waals surface area contributed by atoms with Crippen LogP contribution >= 0.6 is 19.0 Å². The fourth-order valence-electron chi connectivity index (χ4n) is 3.22. The predicted molar refractivity (Wildman–Crippen MR) is 94.7 cm³/mol. The van der Waals surface area contributed by atoms with Gasteiger partial charge in [0.1, 0.15) is 5.82 Å². The standard InChI is InChI=1S/C16H23ClFN2O4P/c17-14-9-13(18)4-3-12(14)10-20-7-8-25(23,24)16(11-20,15(21)22)5-1-2-6-19/h3-4,9H,1-2,5-8,10-11,19H2,(H,21,22)(H,23,24). The van der Waals surface area contributed by atoms with E-state index < -0.39 is 24.3 Å². The zero-order valence-corrected chi connectivity index (χ0v) is 15.5. The van der Waals surface area contributed by atoms with Crippen molar-refractivity contribution in [2.24, 2.45) is 5.73 Å². The smallest absolute Gasteiger partial charge is 0.320 e. The SMILES string of the molecule is NCCCCC1(C(=O)O)CN(Cc2ccc(F)cc2Cl)CCP1(=O)O. The Kier molecular flexibility index (Phi) is 6.62. The third-order valence-corrected chi connectivity index (χ3v) is 7.78. The topological polar surface area (TPSA) is 104 Å². The van der Waals surface area contributed by atoms with Gasteiger partial charge in [-0.1, -0.05) is 24.1 Å². The Morgan fingerprint density at radius 2 is 2.16 bits per heavy atom. The monoisotopic (exact) mass is 392 g/mol. The number of carbonyl (C=O) groups is 1. The van der Waals surface area contributed by atoms with Crippen LogP contribution in [-0.2, 0) is 15.9 Å². The third-order valence-electron chi connectivity index (χ3n) is 4.72. The van der Waals surface area contributed by atoms with Gasteiger partial charge in [-0.25, -0.2) is 4.39 Å². The first-order chi connectivity index (χ1) is 11.7. The zero-order chi connectivity index (χ0) is 18.7. The minimum atomic E-state index is -3.86. The Labute approximate surface area is 151 Å². The molecule has 0 aromatic heterocycles. The normalized spacial score (nSPS) is 27.4. The van der Waals surface area contributed by atoms with Crippen molar-refractivity contribution < 1.29 is 23.7 Å². The molecular weight excluding hydrogens is 370 g/mol. The predicted octanol–water partition coefficient (Wildman–Crippen LogP) is 2.52. The maximum atomic E-state index is 13.2. The number of hydrogen-bond acceptors (Lipinski definition) is 4. The summed E-state index contributed by atoms with van der Waals surface area (Å²) in [5, 5.41) is 8.28. The van der Waals surface area contributed by atoms with Crippen LogP contribution in [0.5, 0.6) is 0 Å². The van der Waals surface area contributed by atoms with Gasteiger partial charge < -0.3 is 15.7 Å². The second-order valence-electron chi connectivity index (χ2n) is 6.45. The van der Waals surface area contributed by atoms with E-state index in [4.69, 9.17) is 17.3 Å². The van der Waals surface area contributed by atoms with Gasteiger partial charge in [0.05, 0.1) is 0 Å². The van der Waals surface area contributed by atoms with E-state index in [1.54, 1.807) is 11.0 Å². The summed E-state index contributed by atoms with van der Waals surface area (Å²) in [6.45, 7) is 0.938. The summed E-state index contributed by atoms with van der Waals surface area (Å²) >= 11 is 6.04. The lowest BCUT2D eigenvalue weighted by Gasteiger charge is -2.43. The molecule has 0 radical (unpaired) electrons. The Balaban J connectivity index is 2.23. The molecule has 140 valence electrons. The highest BCUT2D eigenvalue weighted by Gasteiger charge is 2.56. The molecule has 1 saturated heterocycles. The molecule has 1 heterocycles. The molecule has 0 aliphatic carbocycles. The van der Waals surface area contributed by atoms with Crippen LogP contribution in [0.1, 0.15) is 24.8 Å². The lowest BCUT2D eigenvalue weighted by atomic mass is 9.99. The molecule has 0 spiro atoms. The maximum Gasteiger partial charge on any atom is 0.320 e. The van der Waals surface area contributed by atoms with Gasteiger partial charge in [0, 0.05) is 30.8 Å². The van der Waals surface area contributed by atoms with Gasteiger partial charge in [0.2, 0.25) is 7.37 Å². The van der Waals surface area contributed by atoms with Crippen LogP contribution in [0.3, 0.4) is 0 Å². The summed E-state index contributed by atoms with van der Waals surface area (Å²) in [7, 11) is -3.86. The van der Waals surface area contributed by atoms with Gasteiger partial charge >= 0.3 is 5.97 Å². The van der Waals surface area contributed by atoms with Crippen molar-refractivity contribution in [3.05, 3.63) is 34.6 Å². The fourth-order valence-corrected chi connectivity index (χ4v) is 5.65. The summed E-state index contributed by atoms with van der Waals surface area (Å²) in [6, 6.07) is 4.03. The number of aliphatic carboxylic acids is 1. The summed E-state index contributed by atoms with van der Waals surface area (Å²) in [6.07, 6.45) is 1.07. The van der Waals surface area contributed by atoms with Gasteiger partial charge in [0.25, 0.3) is 0 Å². The van der Waals surface area contributed by atoms with E-state index in [2.05, 4.69) is 0 Å². The molecule has 9 heteroatoms. The zero-order valence-electron chi connectivity index (χ0n) is 13.8. The average molecular weight is 393 g/mol. The van der Waals surface area contributed by atoms with Gasteiger partial charge in [0.15, 0.2) is 5.16 Å². The molecule has 2 atom stereocenters. The number of nitrogens with two attached hydrogens (primary N) is 1. The molecule has 0 amide bonds. The second-order valence-corrected chi connectivity index (χ2v) is 9.57. The van der Waals surface area contributed by atoms with E-state index in [0.29, 0.717) is 31.5 Å². The number of benzene rings is 1. The van der Waals surface area contributed by atoms with Crippen LogP contribution in [0.15, 0.2) is 18.2 Å². The van der Waals surface area contributed by atoms with Crippen LogP contribution in [0.2, 0.25) is 5.02 Å². The van der Waals surface area contributed by atoms with Crippen molar-refractivity contribution in [3.63, 3.8) is 0 Å². The molecule has 2 unspecified atom stereocenters. The summed E-state index contributed by atoms with van der Waals surface area (Å²) in [5.74, 6) is -1.71. The second kappa shape index (κ2) is 8.14. The molecule has 1 fully saturated rings. The highest BCUT2D eigenvalue weighted by Crippen LogP contribution is 2.59. The molecule has 0 saturated carbocycles. The van der Waals surface area contributed by atoms with Crippen molar-refractivity contribution in [2.45, 2.75) is 31.0 Å². The van der Waals surface area contributed by atoms with Crippen molar-refractivity contribution in [2.75, 3.05) is 25.8 Å². The number of unbranched alkanes of at least 4 members (excludes halogenated alkanes) is 1. The van der Waals surface area contributed by atoms with Crippen LogP contribution < -0.4 is 5.73 Å². The first-order valence-electron chi connectivity index (χ1n) is 8.13.